The van der Waals surface area contributed by atoms with E-state index in [-0.39, 0.29) is 24.1 Å². The number of benzene rings is 2. The molecular formula is C19H21N2O6PS. The van der Waals surface area contributed by atoms with Gasteiger partial charge in [-0.25, -0.2) is 0 Å². The van der Waals surface area contributed by atoms with Gasteiger partial charge in [0.2, 0.25) is 5.28 Å². The second kappa shape index (κ2) is 8.59. The summed E-state index contributed by atoms with van der Waals surface area (Å²) in [4.78, 5) is 10.5. The van der Waals surface area contributed by atoms with Crippen molar-refractivity contribution in [1.82, 2.24) is 5.32 Å². The average molecular weight is 436 g/mol. The number of nitro benzene ring substituents is 1. The van der Waals surface area contributed by atoms with Crippen LogP contribution in [0, 0.1) is 10.1 Å². The topological polar surface area (TPSA) is 99.9 Å². The number of hydrogen-bond donors (Lipinski definition) is 1. The molecule has 8 nitrogen and oxygen atoms in total. The maximum absolute atomic E-state index is 14.1. The van der Waals surface area contributed by atoms with Crippen molar-refractivity contribution in [2.75, 3.05) is 13.2 Å². The molecule has 1 fully saturated rings. The smallest absolute Gasteiger partial charge is 0.364 e. The largest absolute Gasteiger partial charge is 0.459 e. The monoisotopic (exact) mass is 436 g/mol. The van der Waals surface area contributed by atoms with Crippen LogP contribution in [0.15, 0.2) is 54.6 Å². The molecular weight excluding hydrogens is 415 g/mol. The maximum atomic E-state index is 14.1. The Kier molecular flexibility index (Phi) is 6.33. The third-order valence-corrected chi connectivity index (χ3v) is 7.41. The number of rotatable bonds is 8. The minimum absolute atomic E-state index is 0.0387. The highest BCUT2D eigenvalue weighted by Crippen LogP contribution is 2.70. The van der Waals surface area contributed by atoms with Crippen LogP contribution in [0.4, 0.5) is 5.69 Å². The molecule has 2 aromatic carbocycles. The zero-order valence-corrected chi connectivity index (χ0v) is 17.7. The van der Waals surface area contributed by atoms with Gasteiger partial charge in [-0.05, 0) is 49.3 Å². The van der Waals surface area contributed by atoms with Crippen LogP contribution in [0.2, 0.25) is 0 Å². The van der Waals surface area contributed by atoms with Crippen LogP contribution in [0.1, 0.15) is 31.1 Å². The Morgan fingerprint density at radius 3 is 2.24 bits per heavy atom. The van der Waals surface area contributed by atoms with Gasteiger partial charge in [0.05, 0.1) is 18.1 Å². The number of hydrogen-bond acceptors (Lipinski definition) is 7. The van der Waals surface area contributed by atoms with E-state index < -0.39 is 23.9 Å². The molecule has 1 aliphatic rings. The number of non-ortho nitro benzene ring substituents is 1. The van der Waals surface area contributed by atoms with Gasteiger partial charge in [-0.15, -0.1) is 0 Å². The number of ether oxygens (including phenoxy) is 1. The lowest BCUT2D eigenvalue weighted by molar-refractivity contribution is -0.384. The molecule has 3 rings (SSSR count). The van der Waals surface area contributed by atoms with Gasteiger partial charge < -0.3 is 19.1 Å². The summed E-state index contributed by atoms with van der Waals surface area (Å²) < 4.78 is 31.4. The third-order valence-electron chi connectivity index (χ3n) is 4.55. The molecule has 1 N–H and O–H groups in total. The lowest BCUT2D eigenvalue weighted by Gasteiger charge is -2.38. The normalized spacial score (nSPS) is 21.4. The Morgan fingerprint density at radius 2 is 1.72 bits per heavy atom. The van der Waals surface area contributed by atoms with Crippen molar-refractivity contribution in [3.05, 3.63) is 75.8 Å². The molecule has 2 aromatic rings. The van der Waals surface area contributed by atoms with Crippen LogP contribution < -0.4 is 5.32 Å². The molecule has 1 saturated heterocycles. The lowest BCUT2D eigenvalue weighted by Crippen LogP contribution is -2.43. The third kappa shape index (κ3) is 3.79. The first-order valence-electron chi connectivity index (χ1n) is 9.05. The molecule has 10 heteroatoms. The van der Waals surface area contributed by atoms with E-state index in [9.17, 15) is 14.7 Å². The maximum Gasteiger partial charge on any atom is 0.364 e. The molecule has 0 amide bonds. The zero-order chi connectivity index (χ0) is 21.1. The fourth-order valence-electron chi connectivity index (χ4n) is 3.39. The molecule has 2 atom stereocenters. The van der Waals surface area contributed by atoms with E-state index in [0.29, 0.717) is 11.1 Å². The van der Waals surface area contributed by atoms with Gasteiger partial charge in [0.1, 0.15) is 0 Å². The van der Waals surface area contributed by atoms with Crippen LogP contribution in [0.25, 0.3) is 0 Å². The summed E-state index contributed by atoms with van der Waals surface area (Å²) in [6.45, 7) is 3.74. The fourth-order valence-corrected chi connectivity index (χ4v) is 6.08. The van der Waals surface area contributed by atoms with Gasteiger partial charge in [-0.2, -0.15) is 0 Å². The number of nitrogens with one attached hydrogen (secondary N) is 1. The average Bonchev–Trinajstić information content (AvgIpc) is 3.08. The molecule has 0 spiro atoms. The first-order chi connectivity index (χ1) is 13.9. The van der Waals surface area contributed by atoms with Crippen LogP contribution in [-0.4, -0.2) is 23.3 Å². The quantitative estimate of drug-likeness (QED) is 0.276. The first-order valence-corrected chi connectivity index (χ1v) is 11.0. The summed E-state index contributed by atoms with van der Waals surface area (Å²) in [7, 11) is -3.87. The SMILES string of the molecule is CCOP(=O)(OCC)[C@@]1(c2ccccc2)NC(=S)O[C@@H]1c1ccc([N+](=O)[O-])cc1. The molecule has 1 heterocycles. The van der Waals surface area contributed by atoms with Crippen LogP contribution in [0.3, 0.4) is 0 Å². The Bertz CT molecular complexity index is 929. The summed E-state index contributed by atoms with van der Waals surface area (Å²) in [6.07, 6.45) is -0.887. The van der Waals surface area contributed by atoms with Gasteiger partial charge in [-0.3, -0.25) is 14.7 Å². The minimum atomic E-state index is -3.87. The molecule has 29 heavy (non-hydrogen) atoms. The van der Waals surface area contributed by atoms with E-state index in [1.54, 1.807) is 50.2 Å². The lowest BCUT2D eigenvalue weighted by atomic mass is 9.95. The highest BCUT2D eigenvalue weighted by Gasteiger charge is 2.63. The second-order valence-electron chi connectivity index (χ2n) is 6.22. The van der Waals surface area contributed by atoms with Crippen molar-refractivity contribution in [3.8, 4) is 0 Å². The summed E-state index contributed by atoms with van der Waals surface area (Å²) in [5.41, 5.74) is 1.09. The van der Waals surface area contributed by atoms with Crippen molar-refractivity contribution >= 4 is 30.7 Å². The second-order valence-corrected chi connectivity index (χ2v) is 8.81. The first kappa shape index (κ1) is 21.4. The van der Waals surface area contributed by atoms with Gasteiger partial charge in [0.25, 0.3) is 10.9 Å². The van der Waals surface area contributed by atoms with Gasteiger partial charge in [0.15, 0.2) is 6.10 Å². The summed E-state index contributed by atoms with van der Waals surface area (Å²) >= 11 is 5.28. The number of nitro groups is 1. The van der Waals surface area contributed by atoms with Crippen molar-refractivity contribution < 1.29 is 23.3 Å². The van der Waals surface area contributed by atoms with Crippen LogP contribution >= 0.6 is 19.8 Å². The molecule has 0 unspecified atom stereocenters. The molecule has 154 valence electrons. The molecule has 1 aliphatic heterocycles. The van der Waals surface area contributed by atoms with Crippen molar-refractivity contribution in [2.24, 2.45) is 0 Å². The Hall–Kier alpha value is -2.32. The van der Waals surface area contributed by atoms with E-state index in [0.717, 1.165) is 0 Å². The van der Waals surface area contributed by atoms with E-state index >= 15 is 0 Å². The van der Waals surface area contributed by atoms with Gasteiger partial charge in [-0.1, -0.05) is 30.3 Å². The van der Waals surface area contributed by atoms with Crippen molar-refractivity contribution in [2.45, 2.75) is 25.2 Å². The molecule has 0 saturated carbocycles. The summed E-state index contributed by atoms with van der Waals surface area (Å²) in [5.74, 6) is 0. The van der Waals surface area contributed by atoms with Crippen LogP contribution in [0.5, 0.6) is 0 Å². The Labute approximate surface area is 173 Å². The van der Waals surface area contributed by atoms with Crippen LogP contribution in [-0.2, 0) is 23.6 Å². The highest BCUT2D eigenvalue weighted by molar-refractivity contribution is 7.80. The molecule has 0 bridgehead atoms. The van der Waals surface area contributed by atoms with Crippen molar-refractivity contribution in [3.63, 3.8) is 0 Å². The molecule has 0 aromatic heterocycles. The highest BCUT2D eigenvalue weighted by atomic mass is 32.1. The predicted octanol–water partition coefficient (Wildman–Crippen LogP) is 4.66. The van der Waals surface area contributed by atoms with E-state index in [2.05, 4.69) is 5.32 Å². The van der Waals surface area contributed by atoms with Gasteiger partial charge in [0, 0.05) is 12.1 Å². The van der Waals surface area contributed by atoms with E-state index in [4.69, 9.17) is 26.0 Å². The Morgan fingerprint density at radius 1 is 1.14 bits per heavy atom. The van der Waals surface area contributed by atoms with E-state index in [1.807, 2.05) is 6.07 Å². The number of thiocarbonyl (C=S) groups is 1. The number of nitrogens with zero attached hydrogens (tertiary/aromatic N) is 1. The zero-order valence-electron chi connectivity index (χ0n) is 15.9. The summed E-state index contributed by atoms with van der Waals surface area (Å²) in [5, 5.41) is 12.7. The molecule has 0 radical (unpaired) electrons. The summed E-state index contributed by atoms with van der Waals surface area (Å²) in [6, 6.07) is 14.8. The van der Waals surface area contributed by atoms with E-state index in [1.165, 1.54) is 12.1 Å². The fraction of sp³-hybridized carbons (Fsp3) is 0.316. The molecule has 0 aliphatic carbocycles. The Balaban J connectivity index is 2.23. The minimum Gasteiger partial charge on any atom is -0.459 e. The standard InChI is InChI=1S/C19H21N2O6PS/c1-3-25-28(24,26-4-2)19(15-8-6-5-7-9-15)17(27-18(29)20-19)14-10-12-16(13-11-14)21(22)23/h5-13,17H,3-4H2,1-2H3,(H,20,29)/t17-,19-/m1/s1. The van der Waals surface area contributed by atoms with Crippen molar-refractivity contribution in [1.29, 1.82) is 0 Å². The van der Waals surface area contributed by atoms with Gasteiger partial charge >= 0.3 is 7.60 Å². The predicted molar refractivity (Wildman–Crippen MR) is 112 cm³/mol.